The van der Waals surface area contributed by atoms with E-state index >= 15 is 0 Å². The van der Waals surface area contributed by atoms with Gasteiger partial charge in [-0.2, -0.15) is 0 Å². The molecule has 0 aliphatic carbocycles. The van der Waals surface area contributed by atoms with Gasteiger partial charge >= 0.3 is 5.97 Å². The van der Waals surface area contributed by atoms with Crippen molar-refractivity contribution in [3.8, 4) is 0 Å². The van der Waals surface area contributed by atoms with E-state index in [0.717, 1.165) is 0 Å². The lowest BCUT2D eigenvalue weighted by Gasteiger charge is -2.23. The van der Waals surface area contributed by atoms with Gasteiger partial charge in [-0.05, 0) is 24.7 Å². The van der Waals surface area contributed by atoms with E-state index in [4.69, 9.17) is 5.11 Å². The second kappa shape index (κ2) is 8.55. The van der Waals surface area contributed by atoms with E-state index in [1.165, 1.54) is 6.92 Å². The molecule has 2 unspecified atom stereocenters. The van der Waals surface area contributed by atoms with Crippen LogP contribution >= 0.6 is 0 Å². The first kappa shape index (κ1) is 18.4. The fraction of sp³-hybridized carbons (Fsp3) is 0.786. The number of carbonyl (C=O) groups is 3. The van der Waals surface area contributed by atoms with Crippen molar-refractivity contribution in [1.29, 1.82) is 0 Å². The minimum Gasteiger partial charge on any atom is -0.480 e. The van der Waals surface area contributed by atoms with Gasteiger partial charge in [0.2, 0.25) is 11.8 Å². The molecule has 6 nitrogen and oxygen atoms in total. The molecule has 0 rings (SSSR count). The topological polar surface area (TPSA) is 95.5 Å². The first-order valence-electron chi connectivity index (χ1n) is 6.93. The number of carbonyl (C=O) groups excluding carboxylic acids is 2. The van der Waals surface area contributed by atoms with Crippen LogP contribution in [0, 0.1) is 11.8 Å². The fourth-order valence-corrected chi connectivity index (χ4v) is 1.91. The van der Waals surface area contributed by atoms with Crippen LogP contribution in [0.2, 0.25) is 0 Å². The molecule has 3 N–H and O–H groups in total. The molecule has 0 aromatic rings. The van der Waals surface area contributed by atoms with Crippen LogP contribution in [-0.4, -0.2) is 35.0 Å². The van der Waals surface area contributed by atoms with Gasteiger partial charge in [-0.25, -0.2) is 4.79 Å². The van der Waals surface area contributed by atoms with Crippen LogP contribution in [0.4, 0.5) is 0 Å². The number of rotatable bonds is 8. The normalized spacial score (nSPS) is 13.9. The molecule has 0 aliphatic heterocycles. The van der Waals surface area contributed by atoms with Crippen molar-refractivity contribution in [2.75, 3.05) is 0 Å². The maximum Gasteiger partial charge on any atom is 0.326 e. The molecule has 0 aliphatic rings. The van der Waals surface area contributed by atoms with Crippen molar-refractivity contribution >= 4 is 17.8 Å². The maximum atomic E-state index is 12.1. The number of nitrogens with one attached hydrogen (secondary N) is 2. The zero-order valence-corrected chi connectivity index (χ0v) is 12.9. The summed E-state index contributed by atoms with van der Waals surface area (Å²) in [6.07, 6.45) is 0.828. The molecule has 0 spiro atoms. The Bertz CT molecular complexity index is 353. The number of hydrogen-bond donors (Lipinski definition) is 3. The van der Waals surface area contributed by atoms with E-state index in [1.54, 1.807) is 0 Å². The quantitative estimate of drug-likeness (QED) is 0.624. The van der Waals surface area contributed by atoms with Gasteiger partial charge in [0.15, 0.2) is 0 Å². The monoisotopic (exact) mass is 286 g/mol. The van der Waals surface area contributed by atoms with E-state index in [2.05, 4.69) is 10.6 Å². The van der Waals surface area contributed by atoms with Crippen LogP contribution < -0.4 is 10.6 Å². The molecular weight excluding hydrogens is 260 g/mol. The summed E-state index contributed by atoms with van der Waals surface area (Å²) in [5.74, 6) is -1.44. The lowest BCUT2D eigenvalue weighted by Crippen LogP contribution is -2.52. The molecule has 0 bridgehead atoms. The molecule has 0 radical (unpaired) electrons. The van der Waals surface area contributed by atoms with E-state index in [1.807, 2.05) is 27.7 Å². The van der Waals surface area contributed by atoms with Crippen molar-refractivity contribution < 1.29 is 19.5 Å². The molecule has 2 amide bonds. The van der Waals surface area contributed by atoms with Gasteiger partial charge < -0.3 is 15.7 Å². The molecule has 0 saturated carbocycles. The van der Waals surface area contributed by atoms with E-state index in [-0.39, 0.29) is 17.7 Å². The van der Waals surface area contributed by atoms with Crippen LogP contribution in [0.25, 0.3) is 0 Å². The van der Waals surface area contributed by atoms with Crippen LogP contribution in [0.3, 0.4) is 0 Å². The second-order valence-corrected chi connectivity index (χ2v) is 5.91. The van der Waals surface area contributed by atoms with Crippen LogP contribution in [0.5, 0.6) is 0 Å². The lowest BCUT2D eigenvalue weighted by molar-refractivity contribution is -0.142. The summed E-state index contributed by atoms with van der Waals surface area (Å²) in [5, 5.41) is 14.2. The standard InChI is InChI=1S/C14H26N2O4/c1-8(2)6-11(15-10(5)17)13(18)16-12(14(19)20)7-9(3)4/h8-9,11-12H,6-7H2,1-5H3,(H,15,17)(H,16,18)(H,19,20). The predicted octanol–water partition coefficient (Wildman–Crippen LogP) is 1.15. The zero-order chi connectivity index (χ0) is 15.9. The third kappa shape index (κ3) is 7.76. The van der Waals surface area contributed by atoms with Gasteiger partial charge in [-0.3, -0.25) is 9.59 Å². The van der Waals surface area contributed by atoms with Crippen molar-refractivity contribution in [3.63, 3.8) is 0 Å². The van der Waals surface area contributed by atoms with E-state index in [9.17, 15) is 14.4 Å². The van der Waals surface area contributed by atoms with E-state index < -0.39 is 24.0 Å². The van der Waals surface area contributed by atoms with Gasteiger partial charge in [0.1, 0.15) is 12.1 Å². The molecule has 2 atom stereocenters. The Morgan fingerprint density at radius 3 is 1.70 bits per heavy atom. The molecule has 0 aromatic carbocycles. The van der Waals surface area contributed by atoms with Gasteiger partial charge in [-0.1, -0.05) is 27.7 Å². The summed E-state index contributed by atoms with van der Waals surface area (Å²) in [7, 11) is 0. The van der Waals surface area contributed by atoms with Crippen molar-refractivity contribution in [2.24, 2.45) is 11.8 Å². The summed E-state index contributed by atoms with van der Waals surface area (Å²) in [6.45, 7) is 8.99. The predicted molar refractivity (Wildman–Crippen MR) is 76.1 cm³/mol. The summed E-state index contributed by atoms with van der Waals surface area (Å²) in [5.41, 5.74) is 0. The van der Waals surface area contributed by atoms with Crippen LogP contribution in [0.1, 0.15) is 47.5 Å². The van der Waals surface area contributed by atoms with Gasteiger partial charge in [0, 0.05) is 6.92 Å². The molecule has 116 valence electrons. The summed E-state index contributed by atoms with van der Waals surface area (Å²) in [6, 6.07) is -1.62. The highest BCUT2D eigenvalue weighted by Gasteiger charge is 2.26. The second-order valence-electron chi connectivity index (χ2n) is 5.91. The highest BCUT2D eigenvalue weighted by atomic mass is 16.4. The Morgan fingerprint density at radius 2 is 1.35 bits per heavy atom. The molecule has 0 heterocycles. The lowest BCUT2D eigenvalue weighted by atomic mass is 10.0. The average Bonchev–Trinajstić information content (AvgIpc) is 2.24. The average molecular weight is 286 g/mol. The molecular formula is C14H26N2O4. The Labute approximate surface area is 120 Å². The summed E-state index contributed by atoms with van der Waals surface area (Å²) >= 11 is 0. The largest absolute Gasteiger partial charge is 0.480 e. The molecule has 0 aromatic heterocycles. The van der Waals surface area contributed by atoms with Crippen LogP contribution in [0.15, 0.2) is 0 Å². The third-order valence-electron chi connectivity index (χ3n) is 2.72. The summed E-state index contributed by atoms with van der Waals surface area (Å²) < 4.78 is 0. The number of carboxylic acid groups (broad SMARTS) is 1. The van der Waals surface area contributed by atoms with Gasteiger partial charge in [-0.15, -0.1) is 0 Å². The number of hydrogen-bond acceptors (Lipinski definition) is 3. The van der Waals surface area contributed by atoms with E-state index in [0.29, 0.717) is 12.8 Å². The van der Waals surface area contributed by atoms with Crippen molar-refractivity contribution in [2.45, 2.75) is 59.5 Å². The Balaban J connectivity index is 4.77. The number of aliphatic carboxylic acids is 1. The Hall–Kier alpha value is -1.59. The summed E-state index contributed by atoms with van der Waals surface area (Å²) in [4.78, 5) is 34.4. The van der Waals surface area contributed by atoms with Crippen molar-refractivity contribution in [3.05, 3.63) is 0 Å². The maximum absolute atomic E-state index is 12.1. The minimum atomic E-state index is -1.06. The molecule has 0 saturated heterocycles. The Morgan fingerprint density at radius 1 is 0.900 bits per heavy atom. The minimum absolute atomic E-state index is 0.153. The SMILES string of the molecule is CC(=O)NC(CC(C)C)C(=O)NC(CC(C)C)C(=O)O. The molecule has 6 heteroatoms. The first-order chi connectivity index (χ1) is 9.13. The highest BCUT2D eigenvalue weighted by molar-refractivity contribution is 5.89. The molecule has 0 fully saturated rings. The fourth-order valence-electron chi connectivity index (χ4n) is 1.91. The zero-order valence-electron chi connectivity index (χ0n) is 12.9. The smallest absolute Gasteiger partial charge is 0.326 e. The highest BCUT2D eigenvalue weighted by Crippen LogP contribution is 2.08. The van der Waals surface area contributed by atoms with Gasteiger partial charge in [0.05, 0.1) is 0 Å². The first-order valence-corrected chi connectivity index (χ1v) is 6.93. The van der Waals surface area contributed by atoms with Crippen molar-refractivity contribution in [1.82, 2.24) is 10.6 Å². The van der Waals surface area contributed by atoms with Crippen LogP contribution in [-0.2, 0) is 14.4 Å². The van der Waals surface area contributed by atoms with Gasteiger partial charge in [0.25, 0.3) is 0 Å². The number of amides is 2. The Kier molecular flexibility index (Phi) is 7.87. The number of carboxylic acids is 1. The third-order valence-corrected chi connectivity index (χ3v) is 2.72. The molecule has 20 heavy (non-hydrogen) atoms.